The van der Waals surface area contributed by atoms with Crippen LogP contribution in [-0.4, -0.2) is 13.0 Å². The Balaban J connectivity index is 2.28. The summed E-state index contributed by atoms with van der Waals surface area (Å²) in [5.41, 5.74) is 6.47. The molecule has 0 aliphatic carbocycles. The Morgan fingerprint density at radius 2 is 1.95 bits per heavy atom. The smallest absolute Gasteiger partial charge is 0.251 e. The fraction of sp³-hybridized carbons (Fsp3) is 0.0714. The Morgan fingerprint density at radius 1 is 1.25 bits per heavy atom. The van der Waals surface area contributed by atoms with Crippen molar-refractivity contribution in [1.82, 2.24) is 5.32 Å². The van der Waals surface area contributed by atoms with Gasteiger partial charge in [-0.05, 0) is 36.4 Å². The number of ether oxygens (including phenoxy) is 1. The predicted molar refractivity (Wildman–Crippen MR) is 78.4 cm³/mol. The maximum Gasteiger partial charge on any atom is 0.251 e. The lowest BCUT2D eigenvalue weighted by molar-refractivity contribution is 0.0963. The summed E-state index contributed by atoms with van der Waals surface area (Å²) in [6.45, 7) is 0. The van der Waals surface area contributed by atoms with E-state index in [4.69, 9.17) is 10.5 Å². The molecule has 0 fully saturated rings. The molecule has 2 rings (SSSR count). The van der Waals surface area contributed by atoms with Crippen LogP contribution < -0.4 is 15.8 Å². The minimum Gasteiger partial charge on any atom is -0.452 e. The molecule has 0 saturated carbocycles. The second-order valence-electron chi connectivity index (χ2n) is 4.01. The van der Waals surface area contributed by atoms with E-state index >= 15 is 0 Å². The van der Waals surface area contributed by atoms with E-state index in [1.165, 1.54) is 31.3 Å². The number of amides is 1. The molecule has 0 aliphatic rings. The highest BCUT2D eigenvalue weighted by Crippen LogP contribution is 2.31. The topological polar surface area (TPSA) is 64.3 Å². The summed E-state index contributed by atoms with van der Waals surface area (Å²) in [6.07, 6.45) is 0. The molecule has 0 aliphatic heterocycles. The monoisotopic (exact) mass is 338 g/mol. The van der Waals surface area contributed by atoms with E-state index in [0.29, 0.717) is 15.8 Å². The fourth-order valence-corrected chi connectivity index (χ4v) is 1.94. The van der Waals surface area contributed by atoms with Crippen molar-refractivity contribution in [2.45, 2.75) is 0 Å². The first kappa shape index (κ1) is 14.3. The Morgan fingerprint density at radius 3 is 2.55 bits per heavy atom. The summed E-state index contributed by atoms with van der Waals surface area (Å²) in [7, 11) is 1.53. The highest BCUT2D eigenvalue weighted by molar-refractivity contribution is 9.10. The van der Waals surface area contributed by atoms with Gasteiger partial charge in [0.15, 0.2) is 17.3 Å². The first-order valence-corrected chi connectivity index (χ1v) is 6.55. The van der Waals surface area contributed by atoms with Crippen LogP contribution in [0.25, 0.3) is 0 Å². The van der Waals surface area contributed by atoms with E-state index in [1.54, 1.807) is 12.1 Å². The Bertz CT molecular complexity index is 662. The van der Waals surface area contributed by atoms with Crippen LogP contribution in [0.4, 0.5) is 10.1 Å². The molecular weight excluding hydrogens is 327 g/mol. The van der Waals surface area contributed by atoms with Crippen LogP contribution in [0.1, 0.15) is 10.4 Å². The van der Waals surface area contributed by atoms with Gasteiger partial charge < -0.3 is 15.8 Å². The van der Waals surface area contributed by atoms with Gasteiger partial charge >= 0.3 is 0 Å². The number of hydrogen-bond acceptors (Lipinski definition) is 3. The van der Waals surface area contributed by atoms with Crippen LogP contribution in [0.15, 0.2) is 40.9 Å². The fourth-order valence-electron chi connectivity index (χ4n) is 1.60. The van der Waals surface area contributed by atoms with Crippen LogP contribution in [0, 0.1) is 5.82 Å². The number of rotatable bonds is 3. The summed E-state index contributed by atoms with van der Waals surface area (Å²) in [6, 6.07) is 9.01. The molecular formula is C14H12BrFN2O2. The van der Waals surface area contributed by atoms with E-state index in [9.17, 15) is 9.18 Å². The molecule has 1 amide bonds. The van der Waals surface area contributed by atoms with Gasteiger partial charge in [-0.1, -0.05) is 15.9 Å². The number of nitrogens with two attached hydrogens (primary N) is 1. The summed E-state index contributed by atoms with van der Waals surface area (Å²) >= 11 is 3.16. The van der Waals surface area contributed by atoms with Crippen molar-refractivity contribution < 1.29 is 13.9 Å². The minimum atomic E-state index is -0.505. The van der Waals surface area contributed by atoms with E-state index in [2.05, 4.69) is 21.2 Å². The third-order valence-electron chi connectivity index (χ3n) is 2.61. The number of nitrogens with one attached hydrogen (secondary N) is 1. The van der Waals surface area contributed by atoms with E-state index in [1.807, 2.05) is 0 Å². The zero-order valence-corrected chi connectivity index (χ0v) is 12.2. The third-order valence-corrected chi connectivity index (χ3v) is 3.11. The van der Waals surface area contributed by atoms with E-state index in [-0.39, 0.29) is 17.3 Å². The lowest BCUT2D eigenvalue weighted by atomic mass is 10.2. The van der Waals surface area contributed by atoms with Crippen molar-refractivity contribution in [2.75, 3.05) is 12.8 Å². The number of hydrogen-bond donors (Lipinski definition) is 2. The Hall–Kier alpha value is -2.08. The first-order chi connectivity index (χ1) is 9.51. The van der Waals surface area contributed by atoms with Gasteiger partial charge in [-0.25, -0.2) is 4.39 Å². The minimum absolute atomic E-state index is 0.0626. The summed E-state index contributed by atoms with van der Waals surface area (Å²) < 4.78 is 19.7. The van der Waals surface area contributed by atoms with Gasteiger partial charge in [0.05, 0.1) is 5.69 Å². The molecule has 0 saturated heterocycles. The number of anilines is 1. The quantitative estimate of drug-likeness (QED) is 0.843. The van der Waals surface area contributed by atoms with Gasteiger partial charge in [-0.15, -0.1) is 0 Å². The maximum absolute atomic E-state index is 13.7. The van der Waals surface area contributed by atoms with Crippen molar-refractivity contribution in [1.29, 1.82) is 0 Å². The van der Waals surface area contributed by atoms with Crippen molar-refractivity contribution in [3.63, 3.8) is 0 Å². The van der Waals surface area contributed by atoms with Crippen molar-refractivity contribution >= 4 is 27.5 Å². The van der Waals surface area contributed by atoms with Gasteiger partial charge in [0.25, 0.3) is 5.91 Å². The van der Waals surface area contributed by atoms with E-state index in [0.717, 1.165) is 0 Å². The van der Waals surface area contributed by atoms with Crippen molar-refractivity contribution in [2.24, 2.45) is 0 Å². The van der Waals surface area contributed by atoms with Crippen LogP contribution >= 0.6 is 15.9 Å². The lowest BCUT2D eigenvalue weighted by Crippen LogP contribution is -2.17. The molecule has 0 heterocycles. The van der Waals surface area contributed by atoms with Crippen molar-refractivity contribution in [3.05, 3.63) is 52.3 Å². The van der Waals surface area contributed by atoms with Crippen molar-refractivity contribution in [3.8, 4) is 11.5 Å². The molecule has 20 heavy (non-hydrogen) atoms. The second kappa shape index (κ2) is 5.92. The van der Waals surface area contributed by atoms with Crippen LogP contribution in [0.5, 0.6) is 11.5 Å². The summed E-state index contributed by atoms with van der Waals surface area (Å²) in [5, 5.41) is 2.49. The van der Waals surface area contributed by atoms with E-state index < -0.39 is 5.82 Å². The van der Waals surface area contributed by atoms with Crippen LogP contribution in [0.3, 0.4) is 0 Å². The molecule has 0 radical (unpaired) electrons. The Labute approximate surface area is 123 Å². The molecule has 104 valence electrons. The standard InChI is InChI=1S/C14H12BrFN2O2/c1-18-14(19)8-2-4-13(11(17)6-8)20-12-5-3-9(15)7-10(12)16/h2-7H,17H2,1H3,(H,18,19). The lowest BCUT2D eigenvalue weighted by Gasteiger charge is -2.10. The first-order valence-electron chi connectivity index (χ1n) is 5.76. The molecule has 2 aromatic rings. The molecule has 0 spiro atoms. The average molecular weight is 339 g/mol. The van der Waals surface area contributed by atoms with Crippen LogP contribution in [-0.2, 0) is 0 Å². The number of benzene rings is 2. The number of halogens is 2. The normalized spacial score (nSPS) is 10.2. The SMILES string of the molecule is CNC(=O)c1ccc(Oc2ccc(Br)cc2F)c(N)c1. The zero-order valence-electron chi connectivity index (χ0n) is 10.6. The third kappa shape index (κ3) is 3.08. The van der Waals surface area contributed by atoms with Gasteiger partial charge in [0.2, 0.25) is 0 Å². The molecule has 0 bridgehead atoms. The molecule has 0 unspecified atom stereocenters. The zero-order chi connectivity index (χ0) is 14.7. The molecule has 0 atom stereocenters. The highest BCUT2D eigenvalue weighted by atomic mass is 79.9. The second-order valence-corrected chi connectivity index (χ2v) is 4.92. The van der Waals surface area contributed by atoms with Gasteiger partial charge in [-0.3, -0.25) is 4.79 Å². The average Bonchev–Trinajstić information content (AvgIpc) is 2.42. The number of carbonyl (C=O) groups is 1. The molecule has 0 aromatic heterocycles. The predicted octanol–water partition coefficient (Wildman–Crippen LogP) is 3.32. The largest absolute Gasteiger partial charge is 0.452 e. The number of nitrogen functional groups attached to an aromatic ring is 1. The maximum atomic E-state index is 13.7. The molecule has 6 heteroatoms. The molecule has 2 aromatic carbocycles. The van der Waals surface area contributed by atoms with Gasteiger partial charge in [-0.2, -0.15) is 0 Å². The van der Waals surface area contributed by atoms with Gasteiger partial charge in [0, 0.05) is 17.1 Å². The molecule has 4 nitrogen and oxygen atoms in total. The number of carbonyl (C=O) groups excluding carboxylic acids is 1. The summed E-state index contributed by atoms with van der Waals surface area (Å²) in [4.78, 5) is 11.5. The van der Waals surface area contributed by atoms with Gasteiger partial charge in [0.1, 0.15) is 0 Å². The summed E-state index contributed by atoms with van der Waals surface area (Å²) in [5.74, 6) is -0.404. The highest BCUT2D eigenvalue weighted by Gasteiger charge is 2.10. The van der Waals surface area contributed by atoms with Crippen LogP contribution in [0.2, 0.25) is 0 Å². The molecule has 3 N–H and O–H groups in total. The Kier molecular flexibility index (Phi) is 4.24.